The number of carbonyl (C=O) groups excluding carboxylic acids is 1. The smallest absolute Gasteiger partial charge is 0.249 e. The average Bonchev–Trinajstić information content (AvgIpc) is 2.34. The third-order valence-electron chi connectivity index (χ3n) is 2.95. The number of hydrogen-bond acceptors (Lipinski definition) is 1. The van der Waals surface area contributed by atoms with E-state index in [4.69, 9.17) is 5.73 Å². The molecule has 3 heteroatoms. The van der Waals surface area contributed by atoms with Gasteiger partial charge in [-0.25, -0.2) is 4.57 Å². The Kier molecular flexibility index (Phi) is 6.30. The van der Waals surface area contributed by atoms with Crippen molar-refractivity contribution in [3.05, 3.63) is 30.1 Å². The maximum absolute atomic E-state index is 10.9. The summed E-state index contributed by atoms with van der Waals surface area (Å²) in [6, 6.07) is 3.55. The highest BCUT2D eigenvalue weighted by Crippen LogP contribution is 2.04. The summed E-state index contributed by atoms with van der Waals surface area (Å²) in [5.74, 6) is -0.364. The number of hydrogen-bond donors (Lipinski definition) is 1. The first-order valence-electron chi connectivity index (χ1n) is 6.53. The van der Waals surface area contributed by atoms with Crippen molar-refractivity contribution in [2.24, 2.45) is 5.73 Å². The average molecular weight is 235 g/mol. The van der Waals surface area contributed by atoms with Crippen LogP contribution in [0.25, 0.3) is 0 Å². The van der Waals surface area contributed by atoms with E-state index in [0.29, 0.717) is 5.56 Å². The Labute approximate surface area is 104 Å². The summed E-state index contributed by atoms with van der Waals surface area (Å²) in [5, 5.41) is 0. The van der Waals surface area contributed by atoms with Gasteiger partial charge in [-0.15, -0.1) is 0 Å². The van der Waals surface area contributed by atoms with Gasteiger partial charge >= 0.3 is 0 Å². The van der Waals surface area contributed by atoms with E-state index >= 15 is 0 Å². The number of amides is 1. The first-order chi connectivity index (χ1) is 8.24. The van der Waals surface area contributed by atoms with Gasteiger partial charge in [-0.05, 0) is 6.42 Å². The molecule has 0 atom stereocenters. The second kappa shape index (κ2) is 7.82. The standard InChI is InChI=1S/C14H22N2O/c1-2-3-4-5-6-7-10-16-11-8-13(9-12-16)14(15)17/h8-9,11-12H,2-7,10H2,1H3,(H-,15,17)/p+1. The quantitative estimate of drug-likeness (QED) is 0.546. The van der Waals surface area contributed by atoms with Crippen LogP contribution in [0.4, 0.5) is 0 Å². The molecule has 0 aliphatic carbocycles. The molecule has 0 saturated carbocycles. The molecule has 3 nitrogen and oxygen atoms in total. The topological polar surface area (TPSA) is 47.0 Å². The fourth-order valence-corrected chi connectivity index (χ4v) is 1.85. The van der Waals surface area contributed by atoms with Crippen molar-refractivity contribution < 1.29 is 9.36 Å². The molecule has 0 saturated heterocycles. The molecule has 1 rings (SSSR count). The summed E-state index contributed by atoms with van der Waals surface area (Å²) < 4.78 is 2.10. The first kappa shape index (κ1) is 13.7. The lowest BCUT2D eigenvalue weighted by molar-refractivity contribution is -0.697. The van der Waals surface area contributed by atoms with Gasteiger partial charge in [-0.1, -0.05) is 32.6 Å². The van der Waals surface area contributed by atoms with E-state index < -0.39 is 0 Å². The van der Waals surface area contributed by atoms with E-state index in [1.54, 1.807) is 12.1 Å². The van der Waals surface area contributed by atoms with Crippen LogP contribution in [0.3, 0.4) is 0 Å². The van der Waals surface area contributed by atoms with Crippen LogP contribution in [0.5, 0.6) is 0 Å². The predicted molar refractivity (Wildman–Crippen MR) is 68.5 cm³/mol. The number of carbonyl (C=O) groups is 1. The second-order valence-electron chi connectivity index (χ2n) is 4.46. The summed E-state index contributed by atoms with van der Waals surface area (Å²) in [7, 11) is 0. The van der Waals surface area contributed by atoms with Crippen LogP contribution in [0.15, 0.2) is 24.5 Å². The molecule has 0 unspecified atom stereocenters. The summed E-state index contributed by atoms with van der Waals surface area (Å²) in [6.45, 7) is 3.25. The highest BCUT2D eigenvalue weighted by molar-refractivity contribution is 5.92. The summed E-state index contributed by atoms with van der Waals surface area (Å²) >= 11 is 0. The molecule has 0 radical (unpaired) electrons. The Bertz CT molecular complexity index is 333. The zero-order valence-corrected chi connectivity index (χ0v) is 10.7. The lowest BCUT2D eigenvalue weighted by Crippen LogP contribution is -2.33. The molecule has 0 bridgehead atoms. The number of nitrogens with two attached hydrogens (primary N) is 1. The van der Waals surface area contributed by atoms with Gasteiger partial charge in [-0.3, -0.25) is 4.79 Å². The molecular formula is C14H23N2O+. The number of rotatable bonds is 8. The van der Waals surface area contributed by atoms with Crippen molar-refractivity contribution in [1.82, 2.24) is 0 Å². The number of aromatic nitrogens is 1. The van der Waals surface area contributed by atoms with Gasteiger partial charge in [0.2, 0.25) is 5.91 Å². The van der Waals surface area contributed by atoms with Crippen molar-refractivity contribution in [3.8, 4) is 0 Å². The molecule has 1 aromatic rings. The van der Waals surface area contributed by atoms with Gasteiger partial charge in [0, 0.05) is 18.6 Å². The van der Waals surface area contributed by atoms with Gasteiger partial charge in [0.15, 0.2) is 12.4 Å². The van der Waals surface area contributed by atoms with E-state index in [1.165, 1.54) is 38.5 Å². The normalized spacial score (nSPS) is 10.4. The minimum atomic E-state index is -0.364. The lowest BCUT2D eigenvalue weighted by atomic mass is 10.1. The molecule has 1 aromatic heterocycles. The maximum Gasteiger partial charge on any atom is 0.249 e. The van der Waals surface area contributed by atoms with Crippen molar-refractivity contribution in [1.29, 1.82) is 0 Å². The largest absolute Gasteiger partial charge is 0.366 e. The molecule has 1 heterocycles. The Hall–Kier alpha value is -1.38. The fourth-order valence-electron chi connectivity index (χ4n) is 1.85. The molecule has 1 amide bonds. The number of nitrogens with zero attached hydrogens (tertiary/aromatic N) is 1. The molecule has 0 spiro atoms. The predicted octanol–water partition coefficient (Wildman–Crippen LogP) is 2.43. The first-order valence-corrected chi connectivity index (χ1v) is 6.53. The molecule has 0 fully saturated rings. The summed E-state index contributed by atoms with van der Waals surface area (Å²) in [6.07, 6.45) is 11.6. The van der Waals surface area contributed by atoms with E-state index in [-0.39, 0.29) is 5.91 Å². The Morgan fingerprint density at radius 1 is 1.12 bits per heavy atom. The van der Waals surface area contributed by atoms with Crippen LogP contribution >= 0.6 is 0 Å². The SMILES string of the molecule is CCCCCCCC[n+]1ccc(C(N)=O)cc1. The van der Waals surface area contributed by atoms with E-state index in [2.05, 4.69) is 11.5 Å². The van der Waals surface area contributed by atoms with Gasteiger partial charge in [-0.2, -0.15) is 0 Å². The van der Waals surface area contributed by atoms with Crippen LogP contribution in [0.1, 0.15) is 55.8 Å². The summed E-state index contributed by atoms with van der Waals surface area (Å²) in [4.78, 5) is 10.9. The van der Waals surface area contributed by atoms with Crippen LogP contribution < -0.4 is 10.3 Å². The highest BCUT2D eigenvalue weighted by Gasteiger charge is 2.03. The van der Waals surface area contributed by atoms with Crippen molar-refractivity contribution in [2.75, 3.05) is 0 Å². The van der Waals surface area contributed by atoms with Gasteiger partial charge in [0.05, 0.1) is 5.56 Å². The molecule has 17 heavy (non-hydrogen) atoms. The van der Waals surface area contributed by atoms with Crippen molar-refractivity contribution in [3.63, 3.8) is 0 Å². The molecule has 0 aliphatic rings. The fraction of sp³-hybridized carbons (Fsp3) is 0.571. The zero-order chi connectivity index (χ0) is 12.5. The Balaban J connectivity index is 2.21. The minimum Gasteiger partial charge on any atom is -0.366 e. The van der Waals surface area contributed by atoms with Gasteiger partial charge in [0.1, 0.15) is 6.54 Å². The molecular weight excluding hydrogens is 212 g/mol. The van der Waals surface area contributed by atoms with Crippen LogP contribution in [0.2, 0.25) is 0 Å². The van der Waals surface area contributed by atoms with E-state index in [9.17, 15) is 4.79 Å². The minimum absolute atomic E-state index is 0.364. The Morgan fingerprint density at radius 3 is 2.29 bits per heavy atom. The maximum atomic E-state index is 10.9. The Morgan fingerprint density at radius 2 is 1.71 bits per heavy atom. The third-order valence-corrected chi connectivity index (χ3v) is 2.95. The number of unbranched alkanes of at least 4 members (excludes halogenated alkanes) is 5. The van der Waals surface area contributed by atoms with E-state index in [0.717, 1.165) is 6.54 Å². The number of aryl methyl sites for hydroxylation is 1. The molecule has 0 aliphatic heterocycles. The van der Waals surface area contributed by atoms with Gasteiger partial charge in [0.25, 0.3) is 0 Å². The number of primary amides is 1. The van der Waals surface area contributed by atoms with Gasteiger partial charge < -0.3 is 5.73 Å². The van der Waals surface area contributed by atoms with Crippen molar-refractivity contribution in [2.45, 2.75) is 52.0 Å². The van der Waals surface area contributed by atoms with E-state index in [1.807, 2.05) is 12.4 Å². The molecule has 2 N–H and O–H groups in total. The zero-order valence-electron chi connectivity index (χ0n) is 10.7. The van der Waals surface area contributed by atoms with Crippen LogP contribution in [-0.4, -0.2) is 5.91 Å². The monoisotopic (exact) mass is 235 g/mol. The molecule has 94 valence electrons. The van der Waals surface area contributed by atoms with Crippen molar-refractivity contribution >= 4 is 5.91 Å². The summed E-state index contributed by atoms with van der Waals surface area (Å²) in [5.41, 5.74) is 5.76. The van der Waals surface area contributed by atoms with Crippen LogP contribution in [0, 0.1) is 0 Å². The third kappa shape index (κ3) is 5.48. The number of pyridine rings is 1. The van der Waals surface area contributed by atoms with Crippen LogP contribution in [-0.2, 0) is 6.54 Å². The second-order valence-corrected chi connectivity index (χ2v) is 4.46. The lowest BCUT2D eigenvalue weighted by Gasteiger charge is -1.99. The highest BCUT2D eigenvalue weighted by atomic mass is 16.1. The molecule has 0 aromatic carbocycles.